The van der Waals surface area contributed by atoms with Crippen molar-refractivity contribution in [3.8, 4) is 0 Å². The van der Waals surface area contributed by atoms with E-state index in [2.05, 4.69) is 20.5 Å². The number of hydrogen-bond acceptors (Lipinski definition) is 4. The standard InChI is InChI=1S/C21H40N4O2/c1-22-20(23-12-7-15-27-19-8-3-4-9-19)24-18-21(10-5-2-6-11-21)25-13-16-26-17-14-25/h19H,2-18H2,1H3,(H2,22,23,24). The molecule has 0 aromatic carbocycles. The van der Waals surface area contributed by atoms with Gasteiger partial charge >= 0.3 is 0 Å². The number of guanidine groups is 1. The van der Waals surface area contributed by atoms with Crippen LogP contribution in [0.15, 0.2) is 4.99 Å². The summed E-state index contributed by atoms with van der Waals surface area (Å²) in [6.45, 7) is 6.61. The molecule has 0 aromatic rings. The van der Waals surface area contributed by atoms with E-state index in [-0.39, 0.29) is 5.54 Å². The fraction of sp³-hybridized carbons (Fsp3) is 0.952. The number of morpholine rings is 1. The van der Waals surface area contributed by atoms with E-state index in [4.69, 9.17) is 9.47 Å². The molecule has 0 amide bonds. The normalized spacial score (nSPS) is 24.9. The maximum absolute atomic E-state index is 5.95. The first-order valence-corrected chi connectivity index (χ1v) is 11.2. The van der Waals surface area contributed by atoms with Gasteiger partial charge < -0.3 is 20.1 Å². The summed E-state index contributed by atoms with van der Waals surface area (Å²) >= 11 is 0. The third-order valence-electron chi connectivity index (χ3n) is 6.54. The predicted molar refractivity (Wildman–Crippen MR) is 110 cm³/mol. The molecule has 6 nitrogen and oxygen atoms in total. The average Bonchev–Trinajstić information content (AvgIpc) is 3.25. The second-order valence-corrected chi connectivity index (χ2v) is 8.37. The Balaban J connectivity index is 1.39. The van der Waals surface area contributed by atoms with Crippen molar-refractivity contribution in [2.75, 3.05) is 53.0 Å². The third-order valence-corrected chi connectivity index (χ3v) is 6.54. The topological polar surface area (TPSA) is 58.1 Å². The molecule has 0 atom stereocenters. The van der Waals surface area contributed by atoms with Crippen molar-refractivity contribution in [2.45, 2.75) is 75.9 Å². The Hall–Kier alpha value is -0.850. The monoisotopic (exact) mass is 380 g/mol. The van der Waals surface area contributed by atoms with Gasteiger partial charge in [-0.05, 0) is 32.1 Å². The lowest BCUT2D eigenvalue weighted by molar-refractivity contribution is -0.0352. The minimum atomic E-state index is 0.269. The molecular weight excluding hydrogens is 340 g/mol. The second kappa shape index (κ2) is 11.2. The molecule has 0 aromatic heterocycles. The van der Waals surface area contributed by atoms with Crippen molar-refractivity contribution in [3.63, 3.8) is 0 Å². The molecule has 0 unspecified atom stereocenters. The van der Waals surface area contributed by atoms with Gasteiger partial charge in [0, 0.05) is 45.4 Å². The summed E-state index contributed by atoms with van der Waals surface area (Å²) < 4.78 is 11.5. The quantitative estimate of drug-likeness (QED) is 0.385. The molecule has 27 heavy (non-hydrogen) atoms. The minimum absolute atomic E-state index is 0.269. The van der Waals surface area contributed by atoms with E-state index in [1.165, 1.54) is 57.8 Å². The zero-order valence-corrected chi connectivity index (χ0v) is 17.3. The molecule has 3 rings (SSSR count). The van der Waals surface area contributed by atoms with Gasteiger partial charge in [-0.1, -0.05) is 32.1 Å². The Morgan fingerprint density at radius 3 is 2.52 bits per heavy atom. The number of nitrogens with zero attached hydrogens (tertiary/aromatic N) is 2. The summed E-state index contributed by atoms with van der Waals surface area (Å²) in [5.41, 5.74) is 0.269. The molecule has 0 radical (unpaired) electrons. The lowest BCUT2D eigenvalue weighted by Gasteiger charge is -2.48. The van der Waals surface area contributed by atoms with Crippen LogP contribution in [-0.4, -0.2) is 75.5 Å². The highest BCUT2D eigenvalue weighted by Gasteiger charge is 2.38. The van der Waals surface area contributed by atoms with E-state index in [1.807, 2.05) is 7.05 Å². The molecule has 1 aliphatic heterocycles. The van der Waals surface area contributed by atoms with Crippen LogP contribution in [0.25, 0.3) is 0 Å². The first-order chi connectivity index (χ1) is 13.3. The van der Waals surface area contributed by atoms with E-state index < -0.39 is 0 Å². The van der Waals surface area contributed by atoms with E-state index >= 15 is 0 Å². The molecule has 1 saturated heterocycles. The third kappa shape index (κ3) is 6.33. The molecule has 3 fully saturated rings. The van der Waals surface area contributed by atoms with Crippen molar-refractivity contribution in [1.29, 1.82) is 0 Å². The molecule has 0 bridgehead atoms. The lowest BCUT2D eigenvalue weighted by Crippen LogP contribution is -2.60. The van der Waals surface area contributed by atoms with Gasteiger partial charge in [-0.2, -0.15) is 0 Å². The van der Waals surface area contributed by atoms with Crippen LogP contribution < -0.4 is 10.6 Å². The Bertz CT molecular complexity index is 439. The average molecular weight is 381 g/mol. The fourth-order valence-corrected chi connectivity index (χ4v) is 4.91. The largest absolute Gasteiger partial charge is 0.379 e. The number of nitrogens with one attached hydrogen (secondary N) is 2. The smallest absolute Gasteiger partial charge is 0.191 e. The van der Waals surface area contributed by atoms with Crippen molar-refractivity contribution in [1.82, 2.24) is 15.5 Å². The van der Waals surface area contributed by atoms with E-state index in [0.717, 1.165) is 58.4 Å². The van der Waals surface area contributed by atoms with E-state index in [0.29, 0.717) is 6.10 Å². The summed E-state index contributed by atoms with van der Waals surface area (Å²) in [5.74, 6) is 0.925. The van der Waals surface area contributed by atoms with Gasteiger partial charge in [-0.25, -0.2) is 0 Å². The highest BCUT2D eigenvalue weighted by atomic mass is 16.5. The highest BCUT2D eigenvalue weighted by molar-refractivity contribution is 5.79. The van der Waals surface area contributed by atoms with Crippen LogP contribution in [0.3, 0.4) is 0 Å². The first kappa shape index (κ1) is 20.9. The van der Waals surface area contributed by atoms with E-state index in [1.54, 1.807) is 0 Å². The number of rotatable bonds is 8. The SMILES string of the molecule is CN=C(NCCCOC1CCCC1)NCC1(N2CCOCC2)CCCCC1. The molecule has 2 N–H and O–H groups in total. The predicted octanol–water partition coefficient (Wildman–Crippen LogP) is 2.54. The van der Waals surface area contributed by atoms with Gasteiger partial charge in [0.15, 0.2) is 5.96 Å². The molecule has 0 spiro atoms. The van der Waals surface area contributed by atoms with Gasteiger partial charge in [0.25, 0.3) is 0 Å². The maximum atomic E-state index is 5.95. The Morgan fingerprint density at radius 2 is 1.81 bits per heavy atom. The molecule has 6 heteroatoms. The van der Waals surface area contributed by atoms with Gasteiger partial charge in [-0.3, -0.25) is 9.89 Å². The van der Waals surface area contributed by atoms with Crippen LogP contribution in [0.1, 0.15) is 64.2 Å². The van der Waals surface area contributed by atoms with Crippen molar-refractivity contribution < 1.29 is 9.47 Å². The second-order valence-electron chi connectivity index (χ2n) is 8.37. The Kier molecular flexibility index (Phi) is 8.68. The van der Waals surface area contributed by atoms with Gasteiger partial charge in [0.05, 0.1) is 19.3 Å². The van der Waals surface area contributed by atoms with E-state index in [9.17, 15) is 0 Å². The highest BCUT2D eigenvalue weighted by Crippen LogP contribution is 2.33. The van der Waals surface area contributed by atoms with Crippen molar-refractivity contribution in [3.05, 3.63) is 0 Å². The van der Waals surface area contributed by atoms with Crippen LogP contribution in [0.5, 0.6) is 0 Å². The fourth-order valence-electron chi connectivity index (χ4n) is 4.91. The summed E-state index contributed by atoms with van der Waals surface area (Å²) in [5, 5.41) is 7.10. The number of ether oxygens (including phenoxy) is 2. The molecule has 2 aliphatic carbocycles. The molecule has 2 saturated carbocycles. The van der Waals surface area contributed by atoms with Gasteiger partial charge in [-0.15, -0.1) is 0 Å². The molecule has 156 valence electrons. The van der Waals surface area contributed by atoms with Crippen molar-refractivity contribution in [2.24, 2.45) is 4.99 Å². The number of aliphatic imine (C=N–C) groups is 1. The molecule has 3 aliphatic rings. The summed E-state index contributed by atoms with van der Waals surface area (Å²) in [7, 11) is 1.87. The molecule has 1 heterocycles. The number of hydrogen-bond donors (Lipinski definition) is 2. The summed E-state index contributed by atoms with van der Waals surface area (Å²) in [6, 6.07) is 0. The minimum Gasteiger partial charge on any atom is -0.379 e. The van der Waals surface area contributed by atoms with Gasteiger partial charge in [0.2, 0.25) is 0 Å². The van der Waals surface area contributed by atoms with Crippen LogP contribution in [0.4, 0.5) is 0 Å². The van der Waals surface area contributed by atoms with Crippen LogP contribution >= 0.6 is 0 Å². The zero-order valence-electron chi connectivity index (χ0n) is 17.3. The van der Waals surface area contributed by atoms with Crippen LogP contribution in [0, 0.1) is 0 Å². The van der Waals surface area contributed by atoms with Gasteiger partial charge in [0.1, 0.15) is 0 Å². The molecular formula is C21H40N4O2. The summed E-state index contributed by atoms with van der Waals surface area (Å²) in [4.78, 5) is 7.11. The summed E-state index contributed by atoms with van der Waals surface area (Å²) in [6.07, 6.45) is 13.3. The van der Waals surface area contributed by atoms with Crippen LogP contribution in [0.2, 0.25) is 0 Å². The zero-order chi connectivity index (χ0) is 18.8. The maximum Gasteiger partial charge on any atom is 0.191 e. The lowest BCUT2D eigenvalue weighted by atomic mass is 9.80. The van der Waals surface area contributed by atoms with Crippen molar-refractivity contribution >= 4 is 5.96 Å². The Morgan fingerprint density at radius 1 is 1.07 bits per heavy atom. The Labute approximate surface area is 165 Å². The van der Waals surface area contributed by atoms with Crippen LogP contribution in [-0.2, 0) is 9.47 Å². The first-order valence-electron chi connectivity index (χ1n) is 11.2.